The van der Waals surface area contributed by atoms with E-state index in [1.54, 1.807) is 11.1 Å². The fourth-order valence-electron chi connectivity index (χ4n) is 14.0. The van der Waals surface area contributed by atoms with E-state index in [2.05, 4.69) is 158 Å². The van der Waals surface area contributed by atoms with E-state index in [1.807, 2.05) is 0 Å². The lowest BCUT2D eigenvalue weighted by Gasteiger charge is -2.57. The van der Waals surface area contributed by atoms with Gasteiger partial charge in [-0.1, -0.05) is 111 Å². The molecule has 0 heterocycles. The highest BCUT2D eigenvalue weighted by Gasteiger charge is 2.51. The predicted octanol–water partition coefficient (Wildman–Crippen LogP) is 15.2. The van der Waals surface area contributed by atoms with Crippen LogP contribution in [0.2, 0.25) is 0 Å². The largest absolute Gasteiger partial charge is 0.310 e. The zero-order valence-electron chi connectivity index (χ0n) is 33.8. The van der Waals surface area contributed by atoms with Crippen molar-refractivity contribution in [2.24, 2.45) is 29.6 Å². The molecule has 6 saturated carbocycles. The normalized spacial score (nSPS) is 28.4. The highest BCUT2D eigenvalue weighted by atomic mass is 15.1. The van der Waals surface area contributed by atoms with Gasteiger partial charge in [0.15, 0.2) is 0 Å². The molecule has 284 valence electrons. The third kappa shape index (κ3) is 5.47. The first kappa shape index (κ1) is 34.2. The van der Waals surface area contributed by atoms with Crippen molar-refractivity contribution in [1.29, 1.82) is 0 Å². The zero-order chi connectivity index (χ0) is 37.9. The summed E-state index contributed by atoms with van der Waals surface area (Å²) >= 11 is 0. The maximum Gasteiger partial charge on any atom is 0.0465 e. The molecule has 6 aromatic rings. The molecule has 7 aliphatic rings. The van der Waals surface area contributed by atoms with E-state index in [0.717, 1.165) is 35.5 Å². The number of benzene rings is 6. The summed E-state index contributed by atoms with van der Waals surface area (Å²) in [7, 11) is 0. The Morgan fingerprint density at radius 3 is 1.70 bits per heavy atom. The highest BCUT2D eigenvalue weighted by molar-refractivity contribution is 5.96. The van der Waals surface area contributed by atoms with E-state index in [0.29, 0.717) is 5.41 Å². The van der Waals surface area contributed by atoms with E-state index < -0.39 is 0 Å². The molecule has 3 unspecified atom stereocenters. The minimum absolute atomic E-state index is 0.172. The molecule has 3 atom stereocenters. The lowest BCUT2D eigenvalue weighted by atomic mass is 9.48. The quantitative estimate of drug-likeness (QED) is 0.157. The van der Waals surface area contributed by atoms with Crippen LogP contribution in [0.1, 0.15) is 106 Å². The molecule has 1 heteroatoms. The average molecular weight is 742 g/mol. The van der Waals surface area contributed by atoms with Gasteiger partial charge in [0.1, 0.15) is 0 Å². The van der Waals surface area contributed by atoms with Crippen LogP contribution in [-0.4, -0.2) is 0 Å². The van der Waals surface area contributed by atoms with Gasteiger partial charge in [-0.15, -0.1) is 0 Å². The molecule has 6 fully saturated rings. The van der Waals surface area contributed by atoms with Crippen LogP contribution in [0.25, 0.3) is 33.4 Å². The monoisotopic (exact) mass is 741 g/mol. The molecule has 0 N–H and O–H groups in total. The van der Waals surface area contributed by atoms with Crippen molar-refractivity contribution in [1.82, 2.24) is 0 Å². The maximum atomic E-state index is 2.56. The van der Waals surface area contributed by atoms with Gasteiger partial charge >= 0.3 is 0 Å². The van der Waals surface area contributed by atoms with Gasteiger partial charge in [-0.25, -0.2) is 0 Å². The van der Waals surface area contributed by atoms with Gasteiger partial charge in [-0.2, -0.15) is 0 Å². The van der Waals surface area contributed by atoms with Gasteiger partial charge in [0.05, 0.1) is 0 Å². The Kier molecular flexibility index (Phi) is 7.68. The molecule has 7 aliphatic carbocycles. The lowest BCUT2D eigenvalue weighted by Crippen LogP contribution is -2.48. The van der Waals surface area contributed by atoms with Crippen LogP contribution in [0.3, 0.4) is 0 Å². The van der Waals surface area contributed by atoms with Gasteiger partial charge in [-0.3, -0.25) is 0 Å². The van der Waals surface area contributed by atoms with Crippen LogP contribution >= 0.6 is 0 Å². The van der Waals surface area contributed by atoms with Crippen LogP contribution in [0.15, 0.2) is 140 Å². The van der Waals surface area contributed by atoms with E-state index in [1.165, 1.54) is 126 Å². The summed E-state index contributed by atoms with van der Waals surface area (Å²) < 4.78 is 0. The summed E-state index contributed by atoms with van der Waals surface area (Å²) in [5, 5.41) is 0. The second kappa shape index (κ2) is 12.8. The second-order valence-electron chi connectivity index (χ2n) is 20.0. The number of nitrogens with zero attached hydrogens (tertiary/aromatic N) is 1. The number of hydrogen-bond acceptors (Lipinski definition) is 1. The SMILES string of the molecule is CC1(C)c2cc(N(c3ccc(C4CC5CCC4C5)cc3)c3ccc(C45CC6CC(CC(C6)C4)C5)cc3)ccc2-c2c(-c3ccccc3)cc(-c3ccccc3)cc21. The summed E-state index contributed by atoms with van der Waals surface area (Å²) in [5.74, 6) is 5.43. The molecule has 6 bridgehead atoms. The summed E-state index contributed by atoms with van der Waals surface area (Å²) in [6.07, 6.45) is 14.4. The van der Waals surface area contributed by atoms with Crippen LogP contribution in [0, 0.1) is 29.6 Å². The highest BCUT2D eigenvalue weighted by Crippen LogP contribution is 2.61. The summed E-state index contributed by atoms with van der Waals surface area (Å²) in [4.78, 5) is 2.56. The molecule has 0 aliphatic heterocycles. The summed E-state index contributed by atoms with van der Waals surface area (Å²) in [6, 6.07) is 54.0. The molecular weight excluding hydrogens is 687 g/mol. The van der Waals surface area contributed by atoms with E-state index >= 15 is 0 Å². The minimum Gasteiger partial charge on any atom is -0.310 e. The Morgan fingerprint density at radius 1 is 0.474 bits per heavy atom. The van der Waals surface area contributed by atoms with E-state index in [-0.39, 0.29) is 5.41 Å². The Morgan fingerprint density at radius 2 is 1.09 bits per heavy atom. The molecule has 0 radical (unpaired) electrons. The molecule has 13 rings (SSSR count). The Balaban J connectivity index is 0.971. The van der Waals surface area contributed by atoms with Crippen molar-refractivity contribution in [3.63, 3.8) is 0 Å². The number of anilines is 3. The van der Waals surface area contributed by atoms with Crippen molar-refractivity contribution in [2.75, 3.05) is 4.90 Å². The number of fused-ring (bicyclic) bond motifs is 5. The molecular formula is C56H55N. The Labute approximate surface area is 340 Å². The van der Waals surface area contributed by atoms with Crippen molar-refractivity contribution in [2.45, 2.75) is 94.8 Å². The third-order valence-corrected chi connectivity index (χ3v) is 16.3. The van der Waals surface area contributed by atoms with Crippen LogP contribution in [0.5, 0.6) is 0 Å². The lowest BCUT2D eigenvalue weighted by molar-refractivity contribution is -0.00518. The standard InChI is InChI=1S/C56H55N/c1-55(2)52-32-48(23-24-49(52)54-51(41-11-7-4-8-12-41)30-44(31-53(54)55)40-9-5-3-6-10-40)57(46-19-15-42(16-20-46)50-29-36-13-14-43(50)28-36)47-21-17-45(18-22-47)56-33-37-25-38(34-56)27-39(26-37)35-56/h3-12,15-24,30-32,36-39,43,50H,13-14,25-29,33-35H2,1-2H3. The second-order valence-corrected chi connectivity index (χ2v) is 20.0. The number of rotatable bonds is 7. The Hall–Kier alpha value is -4.88. The average Bonchev–Trinajstić information content (AvgIpc) is 3.94. The molecule has 0 saturated heterocycles. The van der Waals surface area contributed by atoms with Gasteiger partial charge in [0.2, 0.25) is 0 Å². The molecule has 57 heavy (non-hydrogen) atoms. The summed E-state index contributed by atoms with van der Waals surface area (Å²) in [5.41, 5.74) is 17.9. The molecule has 0 amide bonds. The Bertz CT molecular complexity index is 2440. The first-order valence-electron chi connectivity index (χ1n) is 22.3. The first-order valence-corrected chi connectivity index (χ1v) is 22.3. The predicted molar refractivity (Wildman–Crippen MR) is 238 cm³/mol. The molecule has 0 spiro atoms. The van der Waals surface area contributed by atoms with Crippen LogP contribution < -0.4 is 4.90 Å². The van der Waals surface area contributed by atoms with E-state index in [4.69, 9.17) is 0 Å². The zero-order valence-corrected chi connectivity index (χ0v) is 33.8. The topological polar surface area (TPSA) is 3.24 Å². The maximum absolute atomic E-state index is 2.56. The van der Waals surface area contributed by atoms with Crippen molar-refractivity contribution in [3.8, 4) is 33.4 Å². The number of hydrogen-bond donors (Lipinski definition) is 0. The smallest absolute Gasteiger partial charge is 0.0465 e. The fourth-order valence-corrected chi connectivity index (χ4v) is 14.0. The van der Waals surface area contributed by atoms with Gasteiger partial charge in [0.25, 0.3) is 0 Å². The van der Waals surface area contributed by atoms with Gasteiger partial charge in [-0.05, 0) is 203 Å². The van der Waals surface area contributed by atoms with E-state index in [9.17, 15) is 0 Å². The van der Waals surface area contributed by atoms with Crippen LogP contribution in [0.4, 0.5) is 17.1 Å². The third-order valence-electron chi connectivity index (χ3n) is 16.3. The van der Waals surface area contributed by atoms with Crippen molar-refractivity contribution in [3.05, 3.63) is 162 Å². The molecule has 1 nitrogen and oxygen atoms in total. The van der Waals surface area contributed by atoms with Gasteiger partial charge in [0, 0.05) is 22.5 Å². The fraction of sp³-hybridized carbons (Fsp3) is 0.357. The van der Waals surface area contributed by atoms with Crippen molar-refractivity contribution >= 4 is 17.1 Å². The minimum atomic E-state index is -0.172. The van der Waals surface area contributed by atoms with Crippen molar-refractivity contribution < 1.29 is 0 Å². The summed E-state index contributed by atoms with van der Waals surface area (Å²) in [6.45, 7) is 4.89. The van der Waals surface area contributed by atoms with Crippen LogP contribution in [-0.2, 0) is 10.8 Å². The van der Waals surface area contributed by atoms with Gasteiger partial charge < -0.3 is 4.90 Å². The first-order chi connectivity index (χ1) is 27.9. The molecule has 6 aromatic carbocycles. The molecule has 0 aromatic heterocycles.